The van der Waals surface area contributed by atoms with Crippen molar-refractivity contribution in [3.63, 3.8) is 0 Å². The Kier molecular flexibility index (Phi) is 6.60. The second kappa shape index (κ2) is 8.69. The Morgan fingerprint density at radius 2 is 1.85 bits per heavy atom. The lowest BCUT2D eigenvalue weighted by Gasteiger charge is -2.13. The van der Waals surface area contributed by atoms with E-state index in [-0.39, 0.29) is 18.4 Å². The number of nitrogens with one attached hydrogen (secondary N) is 2. The summed E-state index contributed by atoms with van der Waals surface area (Å²) >= 11 is 6.02. The third-order valence-electron chi connectivity index (χ3n) is 3.60. The quantitative estimate of drug-likeness (QED) is 0.811. The first-order chi connectivity index (χ1) is 12.3. The fourth-order valence-electron chi connectivity index (χ4n) is 2.33. The number of hydrogen-bond acceptors (Lipinski definition) is 4. The molecule has 0 spiro atoms. The van der Waals surface area contributed by atoms with Crippen LogP contribution in [0.3, 0.4) is 0 Å². The second-order valence-corrected chi connectivity index (χ2v) is 6.59. The Morgan fingerprint density at radius 3 is 2.50 bits per heavy atom. The van der Waals surface area contributed by atoms with Gasteiger partial charge in [-0.2, -0.15) is 0 Å². The molecule has 7 heteroatoms. The molecule has 0 radical (unpaired) electrons. The molecule has 0 heterocycles. The maximum absolute atomic E-state index is 12.5. The highest BCUT2D eigenvalue weighted by molar-refractivity contribution is 6.31. The van der Waals surface area contributed by atoms with Gasteiger partial charge in [-0.05, 0) is 56.9 Å². The molecule has 0 atom stereocenters. The molecular formula is C19H22ClN3O3. The fraction of sp³-hybridized carbons (Fsp3) is 0.263. The van der Waals surface area contributed by atoms with Crippen molar-refractivity contribution < 1.29 is 14.3 Å². The van der Waals surface area contributed by atoms with E-state index < -0.39 is 0 Å². The zero-order chi connectivity index (χ0) is 19.3. The van der Waals surface area contributed by atoms with Crippen molar-refractivity contribution in [1.29, 1.82) is 0 Å². The summed E-state index contributed by atoms with van der Waals surface area (Å²) in [6.45, 7) is 2.15. The Bertz CT molecular complexity index is 822. The van der Waals surface area contributed by atoms with Gasteiger partial charge in [0.1, 0.15) is 5.75 Å². The molecule has 6 nitrogen and oxygen atoms in total. The molecule has 0 bridgehead atoms. The van der Waals surface area contributed by atoms with Crippen molar-refractivity contribution in [1.82, 2.24) is 4.90 Å². The van der Waals surface area contributed by atoms with Gasteiger partial charge in [0, 0.05) is 22.0 Å². The molecule has 2 amide bonds. The van der Waals surface area contributed by atoms with Crippen molar-refractivity contribution in [3.8, 4) is 5.75 Å². The van der Waals surface area contributed by atoms with Crippen LogP contribution in [0, 0.1) is 6.92 Å². The molecule has 0 saturated carbocycles. The monoisotopic (exact) mass is 375 g/mol. The molecule has 2 rings (SSSR count). The molecule has 0 fully saturated rings. The van der Waals surface area contributed by atoms with Gasteiger partial charge < -0.3 is 20.3 Å². The number of hydrogen-bond donors (Lipinski definition) is 2. The summed E-state index contributed by atoms with van der Waals surface area (Å²) in [5.41, 5.74) is 2.48. The summed E-state index contributed by atoms with van der Waals surface area (Å²) in [5.74, 6) is 0.0606. The molecule has 2 aromatic carbocycles. The van der Waals surface area contributed by atoms with Gasteiger partial charge in [-0.25, -0.2) is 0 Å². The first-order valence-electron chi connectivity index (χ1n) is 7.99. The average molecular weight is 376 g/mol. The number of benzene rings is 2. The van der Waals surface area contributed by atoms with Crippen LogP contribution in [0.25, 0.3) is 0 Å². The van der Waals surface area contributed by atoms with E-state index in [2.05, 4.69) is 10.6 Å². The predicted octanol–water partition coefficient (Wildman–Crippen LogP) is 3.41. The van der Waals surface area contributed by atoms with Crippen molar-refractivity contribution in [2.75, 3.05) is 38.4 Å². The van der Waals surface area contributed by atoms with Crippen LogP contribution in [0.4, 0.5) is 11.4 Å². The standard InChI is InChI=1S/C19H22ClN3O3/c1-12-5-6-15(21-18(24)11-23(2)3)10-17(12)22-19(25)13-7-14(20)9-16(8-13)26-4/h5-10H,11H2,1-4H3,(H,21,24)(H,22,25). The highest BCUT2D eigenvalue weighted by atomic mass is 35.5. The van der Waals surface area contributed by atoms with Crippen LogP contribution in [0.15, 0.2) is 36.4 Å². The smallest absolute Gasteiger partial charge is 0.255 e. The number of amides is 2. The number of carbonyl (C=O) groups excluding carboxylic acids is 2. The number of likely N-dealkylation sites (N-methyl/N-ethyl adjacent to an activating group) is 1. The Labute approximate surface area is 158 Å². The Hall–Kier alpha value is -2.57. The predicted molar refractivity (Wildman–Crippen MR) is 104 cm³/mol. The van der Waals surface area contributed by atoms with E-state index in [9.17, 15) is 9.59 Å². The van der Waals surface area contributed by atoms with Gasteiger partial charge in [0.15, 0.2) is 0 Å². The lowest BCUT2D eigenvalue weighted by atomic mass is 10.1. The number of ether oxygens (including phenoxy) is 1. The lowest BCUT2D eigenvalue weighted by Crippen LogP contribution is -2.27. The van der Waals surface area contributed by atoms with Gasteiger partial charge in [0.2, 0.25) is 5.91 Å². The first-order valence-corrected chi connectivity index (χ1v) is 8.37. The van der Waals surface area contributed by atoms with E-state index in [1.165, 1.54) is 7.11 Å². The van der Waals surface area contributed by atoms with E-state index in [1.807, 2.05) is 27.1 Å². The summed E-state index contributed by atoms with van der Waals surface area (Å²) < 4.78 is 5.14. The van der Waals surface area contributed by atoms with Crippen molar-refractivity contribution >= 4 is 34.8 Å². The molecule has 0 aliphatic heterocycles. The fourth-order valence-corrected chi connectivity index (χ4v) is 2.55. The third-order valence-corrected chi connectivity index (χ3v) is 3.82. The zero-order valence-electron chi connectivity index (χ0n) is 15.2. The minimum Gasteiger partial charge on any atom is -0.497 e. The average Bonchev–Trinajstić information content (AvgIpc) is 2.56. The molecule has 0 aliphatic carbocycles. The van der Waals surface area contributed by atoms with E-state index in [1.54, 1.807) is 35.2 Å². The molecule has 138 valence electrons. The molecule has 26 heavy (non-hydrogen) atoms. The van der Waals surface area contributed by atoms with Crippen molar-refractivity contribution in [3.05, 3.63) is 52.5 Å². The molecule has 2 N–H and O–H groups in total. The van der Waals surface area contributed by atoms with Crippen LogP contribution in [0.1, 0.15) is 15.9 Å². The van der Waals surface area contributed by atoms with Crippen LogP contribution < -0.4 is 15.4 Å². The Balaban J connectivity index is 2.18. The largest absolute Gasteiger partial charge is 0.497 e. The molecule has 0 aromatic heterocycles. The van der Waals surface area contributed by atoms with Gasteiger partial charge in [-0.1, -0.05) is 17.7 Å². The molecule has 0 unspecified atom stereocenters. The first kappa shape index (κ1) is 19.8. The van der Waals surface area contributed by atoms with Crippen LogP contribution in [-0.2, 0) is 4.79 Å². The highest BCUT2D eigenvalue weighted by Gasteiger charge is 2.12. The summed E-state index contributed by atoms with van der Waals surface area (Å²) in [5, 5.41) is 6.07. The molecule has 0 aliphatic rings. The number of rotatable bonds is 6. The summed E-state index contributed by atoms with van der Waals surface area (Å²) in [6.07, 6.45) is 0. The van der Waals surface area contributed by atoms with E-state index in [4.69, 9.17) is 16.3 Å². The molecule has 2 aromatic rings. The topological polar surface area (TPSA) is 70.7 Å². The van der Waals surface area contributed by atoms with Crippen molar-refractivity contribution in [2.45, 2.75) is 6.92 Å². The molecule has 0 saturated heterocycles. The Morgan fingerprint density at radius 1 is 1.12 bits per heavy atom. The van der Waals surface area contributed by atoms with Crippen molar-refractivity contribution in [2.24, 2.45) is 0 Å². The summed E-state index contributed by atoms with van der Waals surface area (Å²) in [6, 6.07) is 10.2. The lowest BCUT2D eigenvalue weighted by molar-refractivity contribution is -0.116. The summed E-state index contributed by atoms with van der Waals surface area (Å²) in [4.78, 5) is 26.2. The van der Waals surface area contributed by atoms with E-state index in [0.717, 1.165) is 5.56 Å². The third kappa shape index (κ3) is 5.47. The van der Waals surface area contributed by atoms with Gasteiger partial charge in [0.25, 0.3) is 5.91 Å². The minimum atomic E-state index is -0.314. The molecular weight excluding hydrogens is 354 g/mol. The van der Waals surface area contributed by atoms with E-state index >= 15 is 0 Å². The highest BCUT2D eigenvalue weighted by Crippen LogP contribution is 2.24. The van der Waals surface area contributed by atoms with Gasteiger partial charge in [-0.3, -0.25) is 9.59 Å². The van der Waals surface area contributed by atoms with Gasteiger partial charge in [-0.15, -0.1) is 0 Å². The summed E-state index contributed by atoms with van der Waals surface area (Å²) in [7, 11) is 5.15. The number of aryl methyl sites for hydroxylation is 1. The number of halogens is 1. The minimum absolute atomic E-state index is 0.129. The van der Waals surface area contributed by atoms with Gasteiger partial charge >= 0.3 is 0 Å². The van der Waals surface area contributed by atoms with Crippen LogP contribution in [-0.4, -0.2) is 44.5 Å². The normalized spacial score (nSPS) is 10.5. The number of methoxy groups -OCH3 is 1. The van der Waals surface area contributed by atoms with E-state index in [0.29, 0.717) is 27.7 Å². The zero-order valence-corrected chi connectivity index (χ0v) is 16.0. The SMILES string of the molecule is COc1cc(Cl)cc(C(=O)Nc2cc(NC(=O)CN(C)C)ccc2C)c1. The second-order valence-electron chi connectivity index (χ2n) is 6.15. The van der Waals surface area contributed by atoms with Crippen LogP contribution in [0.5, 0.6) is 5.75 Å². The van der Waals surface area contributed by atoms with Crippen LogP contribution in [0.2, 0.25) is 5.02 Å². The maximum Gasteiger partial charge on any atom is 0.255 e. The maximum atomic E-state index is 12.5. The van der Waals surface area contributed by atoms with Crippen LogP contribution >= 0.6 is 11.6 Å². The van der Waals surface area contributed by atoms with Gasteiger partial charge in [0.05, 0.1) is 13.7 Å². The number of anilines is 2. The number of nitrogens with zero attached hydrogens (tertiary/aromatic N) is 1. The number of carbonyl (C=O) groups is 2.